The van der Waals surface area contributed by atoms with Crippen molar-refractivity contribution in [2.24, 2.45) is 0 Å². The summed E-state index contributed by atoms with van der Waals surface area (Å²) in [6.07, 6.45) is 4.74. The molecule has 2 aromatic heterocycles. The molecule has 0 aliphatic carbocycles. The Morgan fingerprint density at radius 1 is 1.41 bits per heavy atom. The molecule has 1 aliphatic rings. The summed E-state index contributed by atoms with van der Waals surface area (Å²) < 4.78 is 2.07. The molecule has 0 spiro atoms. The fourth-order valence-electron chi connectivity index (χ4n) is 2.42. The molecule has 2 atom stereocenters. The van der Waals surface area contributed by atoms with Crippen molar-refractivity contribution in [3.05, 3.63) is 30.6 Å². The van der Waals surface area contributed by atoms with Crippen LogP contribution in [-0.2, 0) is 0 Å². The van der Waals surface area contributed by atoms with Crippen LogP contribution in [0.5, 0.6) is 0 Å². The van der Waals surface area contributed by atoms with Gasteiger partial charge < -0.3 is 5.32 Å². The molecule has 0 bridgehead atoms. The van der Waals surface area contributed by atoms with Crippen LogP contribution in [0.15, 0.2) is 30.6 Å². The maximum atomic E-state index is 4.65. The molecule has 0 radical (unpaired) electrons. The molecular weight excluding hydrogens is 212 g/mol. The summed E-state index contributed by atoms with van der Waals surface area (Å²) in [6, 6.07) is 7.04. The molecule has 1 aliphatic heterocycles. The Labute approximate surface area is 101 Å². The van der Waals surface area contributed by atoms with E-state index in [9.17, 15) is 0 Å². The van der Waals surface area contributed by atoms with E-state index >= 15 is 0 Å². The second-order valence-corrected chi connectivity index (χ2v) is 4.73. The van der Waals surface area contributed by atoms with Gasteiger partial charge in [-0.15, -0.1) is 0 Å². The van der Waals surface area contributed by atoms with E-state index in [2.05, 4.69) is 40.0 Å². The molecule has 17 heavy (non-hydrogen) atoms. The molecule has 3 rings (SSSR count). The van der Waals surface area contributed by atoms with Gasteiger partial charge in [-0.1, -0.05) is 0 Å². The number of fused-ring (bicyclic) bond motifs is 1. The van der Waals surface area contributed by atoms with Gasteiger partial charge >= 0.3 is 0 Å². The lowest BCUT2D eigenvalue weighted by molar-refractivity contribution is 0.414. The molecule has 0 saturated carbocycles. The predicted molar refractivity (Wildman–Crippen MR) is 67.9 cm³/mol. The molecule has 0 fully saturated rings. The van der Waals surface area contributed by atoms with E-state index in [0.717, 1.165) is 23.5 Å². The molecule has 0 amide bonds. The van der Waals surface area contributed by atoms with Crippen LogP contribution < -0.4 is 5.32 Å². The number of nitrogens with zero attached hydrogens (tertiary/aromatic N) is 3. The Morgan fingerprint density at radius 2 is 2.29 bits per heavy atom. The van der Waals surface area contributed by atoms with E-state index < -0.39 is 0 Å². The van der Waals surface area contributed by atoms with Gasteiger partial charge in [0.1, 0.15) is 5.82 Å². The van der Waals surface area contributed by atoms with Crippen LogP contribution in [0.2, 0.25) is 0 Å². The van der Waals surface area contributed by atoms with Crippen LogP contribution >= 0.6 is 0 Å². The lowest BCUT2D eigenvalue weighted by Crippen LogP contribution is -2.28. The van der Waals surface area contributed by atoms with Gasteiger partial charge in [-0.25, -0.2) is 4.68 Å². The largest absolute Gasteiger partial charge is 0.368 e. The average molecular weight is 228 g/mol. The van der Waals surface area contributed by atoms with Crippen molar-refractivity contribution in [3.8, 4) is 11.3 Å². The average Bonchev–Trinajstić information content (AvgIpc) is 2.74. The molecular formula is C13H16N4. The van der Waals surface area contributed by atoms with Crippen molar-refractivity contribution >= 4 is 5.82 Å². The topological polar surface area (TPSA) is 42.7 Å². The molecule has 2 aromatic rings. The van der Waals surface area contributed by atoms with Crippen LogP contribution in [0.4, 0.5) is 5.82 Å². The lowest BCUT2D eigenvalue weighted by Gasteiger charge is -2.27. The Morgan fingerprint density at radius 3 is 3.06 bits per heavy atom. The maximum absolute atomic E-state index is 4.65. The quantitative estimate of drug-likeness (QED) is 0.816. The number of hydrogen-bond donors (Lipinski definition) is 1. The Bertz CT molecular complexity index is 517. The number of anilines is 1. The van der Waals surface area contributed by atoms with Crippen molar-refractivity contribution in [1.29, 1.82) is 0 Å². The third-order valence-corrected chi connectivity index (χ3v) is 3.20. The lowest BCUT2D eigenvalue weighted by atomic mass is 10.1. The standard InChI is InChI=1S/C13H16N4/c1-9-6-10(2)17-13(15-9)7-12(16-17)11-4-3-5-14-8-11/h3-5,7-10,15H,6H2,1-2H3. The summed E-state index contributed by atoms with van der Waals surface area (Å²) in [5.41, 5.74) is 2.05. The highest BCUT2D eigenvalue weighted by Crippen LogP contribution is 2.30. The predicted octanol–water partition coefficient (Wildman–Crippen LogP) is 2.71. The fraction of sp³-hybridized carbons (Fsp3) is 0.385. The van der Waals surface area contributed by atoms with Crippen molar-refractivity contribution in [2.45, 2.75) is 32.4 Å². The minimum absolute atomic E-state index is 0.451. The fourth-order valence-corrected chi connectivity index (χ4v) is 2.42. The Balaban J connectivity index is 2.03. The summed E-state index contributed by atoms with van der Waals surface area (Å²) in [6.45, 7) is 4.41. The molecule has 4 heteroatoms. The first-order valence-electron chi connectivity index (χ1n) is 6.00. The third kappa shape index (κ3) is 1.79. The van der Waals surface area contributed by atoms with E-state index in [1.54, 1.807) is 6.20 Å². The van der Waals surface area contributed by atoms with E-state index in [1.807, 2.05) is 18.3 Å². The first-order chi connectivity index (χ1) is 8.24. The highest BCUT2D eigenvalue weighted by Gasteiger charge is 2.22. The Kier molecular flexibility index (Phi) is 2.35. The monoisotopic (exact) mass is 228 g/mol. The number of rotatable bonds is 1. The summed E-state index contributed by atoms with van der Waals surface area (Å²) in [4.78, 5) is 4.13. The Hall–Kier alpha value is -1.84. The van der Waals surface area contributed by atoms with Gasteiger partial charge in [0.25, 0.3) is 0 Å². The van der Waals surface area contributed by atoms with Crippen molar-refractivity contribution in [3.63, 3.8) is 0 Å². The van der Waals surface area contributed by atoms with Crippen LogP contribution in [0, 0.1) is 0 Å². The van der Waals surface area contributed by atoms with Gasteiger partial charge in [0.2, 0.25) is 0 Å². The van der Waals surface area contributed by atoms with Crippen LogP contribution in [-0.4, -0.2) is 20.8 Å². The van der Waals surface area contributed by atoms with Gasteiger partial charge in [-0.05, 0) is 32.4 Å². The second-order valence-electron chi connectivity index (χ2n) is 4.73. The summed E-state index contributed by atoms with van der Waals surface area (Å²) in [5.74, 6) is 1.11. The van der Waals surface area contributed by atoms with Crippen LogP contribution in [0.3, 0.4) is 0 Å². The summed E-state index contributed by atoms with van der Waals surface area (Å²) in [5, 5.41) is 8.11. The third-order valence-electron chi connectivity index (χ3n) is 3.20. The first-order valence-corrected chi connectivity index (χ1v) is 6.00. The maximum Gasteiger partial charge on any atom is 0.125 e. The SMILES string of the molecule is CC1CC(C)n2nc(-c3cccnc3)cc2N1. The van der Waals surface area contributed by atoms with E-state index in [0.29, 0.717) is 12.1 Å². The van der Waals surface area contributed by atoms with Crippen molar-refractivity contribution in [2.75, 3.05) is 5.32 Å². The van der Waals surface area contributed by atoms with E-state index in [4.69, 9.17) is 0 Å². The summed E-state index contributed by atoms with van der Waals surface area (Å²) >= 11 is 0. The van der Waals surface area contributed by atoms with Crippen molar-refractivity contribution in [1.82, 2.24) is 14.8 Å². The second kappa shape index (κ2) is 3.87. The normalized spacial score (nSPS) is 22.9. The van der Waals surface area contributed by atoms with E-state index in [-0.39, 0.29) is 0 Å². The van der Waals surface area contributed by atoms with Crippen LogP contribution in [0.1, 0.15) is 26.3 Å². The number of hydrogen-bond acceptors (Lipinski definition) is 3. The van der Waals surface area contributed by atoms with Gasteiger partial charge in [-0.3, -0.25) is 4.98 Å². The zero-order valence-corrected chi connectivity index (χ0v) is 10.1. The molecule has 88 valence electrons. The summed E-state index contributed by atoms with van der Waals surface area (Å²) in [7, 11) is 0. The number of aromatic nitrogens is 3. The zero-order chi connectivity index (χ0) is 11.8. The molecule has 1 N–H and O–H groups in total. The molecule has 2 unspecified atom stereocenters. The van der Waals surface area contributed by atoms with Gasteiger partial charge in [0, 0.05) is 30.1 Å². The van der Waals surface area contributed by atoms with E-state index in [1.165, 1.54) is 0 Å². The molecule has 0 aromatic carbocycles. The van der Waals surface area contributed by atoms with Gasteiger partial charge in [0.15, 0.2) is 0 Å². The number of pyridine rings is 1. The van der Waals surface area contributed by atoms with Gasteiger partial charge in [-0.2, -0.15) is 5.10 Å². The smallest absolute Gasteiger partial charge is 0.125 e. The van der Waals surface area contributed by atoms with Crippen LogP contribution in [0.25, 0.3) is 11.3 Å². The molecule has 3 heterocycles. The highest BCUT2D eigenvalue weighted by atomic mass is 15.4. The first kappa shape index (κ1) is 10.3. The molecule has 4 nitrogen and oxygen atoms in total. The minimum Gasteiger partial charge on any atom is -0.368 e. The number of nitrogens with one attached hydrogen (secondary N) is 1. The van der Waals surface area contributed by atoms with Crippen molar-refractivity contribution < 1.29 is 0 Å². The minimum atomic E-state index is 0.451. The molecule has 0 saturated heterocycles. The zero-order valence-electron chi connectivity index (χ0n) is 10.1. The van der Waals surface area contributed by atoms with Gasteiger partial charge in [0.05, 0.1) is 11.7 Å². The highest BCUT2D eigenvalue weighted by molar-refractivity contribution is 5.62.